The van der Waals surface area contributed by atoms with E-state index in [4.69, 9.17) is 0 Å². The van der Waals surface area contributed by atoms with Crippen LogP contribution in [0.4, 0.5) is 0 Å². The van der Waals surface area contributed by atoms with Crippen molar-refractivity contribution >= 4 is 16.0 Å². The minimum atomic E-state index is -3.81. The van der Waals surface area contributed by atoms with E-state index in [0.717, 1.165) is 4.31 Å². The van der Waals surface area contributed by atoms with Gasteiger partial charge in [0, 0.05) is 13.1 Å². The number of aliphatic hydroxyl groups is 2. The number of aliphatic hydroxyl groups excluding tert-OH is 2. The molecule has 1 heterocycles. The molecule has 8 heteroatoms. The Morgan fingerprint density at radius 2 is 1.88 bits per heavy atom. The second-order valence-electron chi connectivity index (χ2n) is 3.51. The Morgan fingerprint density at radius 3 is 2.31 bits per heavy atom. The third kappa shape index (κ3) is 3.14. The second kappa shape index (κ2) is 5.09. The summed E-state index contributed by atoms with van der Waals surface area (Å²) in [5.74, 6) is -1.60. The summed E-state index contributed by atoms with van der Waals surface area (Å²) in [6.07, 6.45) is -2.20. The highest BCUT2D eigenvalue weighted by Crippen LogP contribution is 2.14. The van der Waals surface area contributed by atoms with Gasteiger partial charge in [-0.2, -0.15) is 4.31 Å². The Bertz CT molecular complexity index is 344. The Labute approximate surface area is 93.7 Å². The molecule has 2 atom stereocenters. The van der Waals surface area contributed by atoms with E-state index in [1.54, 1.807) is 6.92 Å². The standard InChI is InChI=1S/C8H15NO6S/c1-2-15-8(12)5-16(13,14)9-3-6(10)7(11)4-9/h6-7,10-11H,2-5H2,1H3. The Balaban J connectivity index is 2.62. The fourth-order valence-corrected chi connectivity index (χ4v) is 2.73. The monoisotopic (exact) mass is 253 g/mol. The van der Waals surface area contributed by atoms with Crippen LogP contribution < -0.4 is 0 Å². The van der Waals surface area contributed by atoms with Gasteiger partial charge in [0.1, 0.15) is 0 Å². The molecule has 0 saturated carbocycles. The minimum Gasteiger partial charge on any atom is -0.465 e. The first-order valence-corrected chi connectivity index (χ1v) is 6.47. The maximum atomic E-state index is 11.6. The van der Waals surface area contributed by atoms with Crippen molar-refractivity contribution in [3.05, 3.63) is 0 Å². The van der Waals surface area contributed by atoms with Crippen LogP contribution in [-0.4, -0.2) is 66.6 Å². The van der Waals surface area contributed by atoms with E-state index >= 15 is 0 Å². The lowest BCUT2D eigenvalue weighted by Crippen LogP contribution is -2.35. The molecule has 0 aliphatic carbocycles. The first-order valence-electron chi connectivity index (χ1n) is 4.86. The van der Waals surface area contributed by atoms with Gasteiger partial charge in [-0.05, 0) is 6.92 Å². The van der Waals surface area contributed by atoms with Gasteiger partial charge in [-0.3, -0.25) is 4.79 Å². The van der Waals surface area contributed by atoms with Crippen molar-refractivity contribution in [3.63, 3.8) is 0 Å². The summed E-state index contributed by atoms with van der Waals surface area (Å²) in [6, 6.07) is 0. The van der Waals surface area contributed by atoms with Crippen LogP contribution in [0.1, 0.15) is 6.92 Å². The van der Waals surface area contributed by atoms with Crippen LogP contribution in [0.5, 0.6) is 0 Å². The molecule has 1 saturated heterocycles. The summed E-state index contributed by atoms with van der Waals surface area (Å²) in [4.78, 5) is 11.0. The third-order valence-corrected chi connectivity index (χ3v) is 3.91. The van der Waals surface area contributed by atoms with Crippen molar-refractivity contribution < 1.29 is 28.2 Å². The van der Waals surface area contributed by atoms with Crippen LogP contribution in [0.25, 0.3) is 0 Å². The van der Waals surface area contributed by atoms with Crippen molar-refractivity contribution in [1.82, 2.24) is 4.31 Å². The molecule has 0 aromatic carbocycles. The van der Waals surface area contributed by atoms with Crippen LogP contribution in [0.2, 0.25) is 0 Å². The molecule has 0 spiro atoms. The van der Waals surface area contributed by atoms with Crippen molar-refractivity contribution in [2.75, 3.05) is 25.4 Å². The molecule has 0 bridgehead atoms. The molecule has 94 valence electrons. The fourth-order valence-electron chi connectivity index (χ4n) is 1.41. The van der Waals surface area contributed by atoms with Crippen LogP contribution in [-0.2, 0) is 19.6 Å². The molecule has 1 fully saturated rings. The summed E-state index contributed by atoms with van der Waals surface area (Å²) in [5, 5.41) is 18.4. The predicted octanol–water partition coefficient (Wildman–Crippen LogP) is -2.08. The first-order chi connectivity index (χ1) is 7.36. The Kier molecular flexibility index (Phi) is 4.25. The van der Waals surface area contributed by atoms with Crippen molar-refractivity contribution in [1.29, 1.82) is 0 Å². The number of nitrogens with zero attached hydrogens (tertiary/aromatic N) is 1. The van der Waals surface area contributed by atoms with Crippen LogP contribution in [0.15, 0.2) is 0 Å². The molecule has 0 aromatic heterocycles. The number of esters is 1. The van der Waals surface area contributed by atoms with E-state index in [1.807, 2.05) is 0 Å². The van der Waals surface area contributed by atoms with Gasteiger partial charge < -0.3 is 14.9 Å². The van der Waals surface area contributed by atoms with Gasteiger partial charge in [0.15, 0.2) is 5.75 Å². The molecule has 2 unspecified atom stereocenters. The normalized spacial score (nSPS) is 26.9. The largest absolute Gasteiger partial charge is 0.465 e. The van der Waals surface area contributed by atoms with Crippen molar-refractivity contribution in [2.45, 2.75) is 19.1 Å². The molecule has 1 aliphatic heterocycles. The molecule has 0 amide bonds. The van der Waals surface area contributed by atoms with Gasteiger partial charge in [-0.15, -0.1) is 0 Å². The van der Waals surface area contributed by atoms with E-state index in [1.165, 1.54) is 0 Å². The third-order valence-electron chi connectivity index (χ3n) is 2.22. The smallest absolute Gasteiger partial charge is 0.322 e. The fraction of sp³-hybridized carbons (Fsp3) is 0.875. The molecule has 7 nitrogen and oxygen atoms in total. The quantitative estimate of drug-likeness (QED) is 0.557. The summed E-state index contributed by atoms with van der Waals surface area (Å²) >= 11 is 0. The number of hydrogen-bond donors (Lipinski definition) is 2. The lowest BCUT2D eigenvalue weighted by molar-refractivity contribution is -0.140. The van der Waals surface area contributed by atoms with E-state index in [2.05, 4.69) is 4.74 Å². The molecule has 0 aromatic rings. The lowest BCUT2D eigenvalue weighted by Gasteiger charge is -2.14. The van der Waals surface area contributed by atoms with Crippen LogP contribution >= 0.6 is 0 Å². The highest BCUT2D eigenvalue weighted by atomic mass is 32.2. The number of sulfonamides is 1. The van der Waals surface area contributed by atoms with Gasteiger partial charge >= 0.3 is 5.97 Å². The lowest BCUT2D eigenvalue weighted by atomic mass is 10.3. The Morgan fingerprint density at radius 1 is 1.38 bits per heavy atom. The summed E-state index contributed by atoms with van der Waals surface area (Å²) in [6.45, 7) is 1.30. The van der Waals surface area contributed by atoms with Gasteiger partial charge in [0.25, 0.3) is 0 Å². The zero-order valence-electron chi connectivity index (χ0n) is 8.87. The zero-order chi connectivity index (χ0) is 12.3. The number of carbonyl (C=O) groups excluding carboxylic acids is 1. The highest BCUT2D eigenvalue weighted by Gasteiger charge is 2.37. The van der Waals surface area contributed by atoms with E-state index < -0.39 is 34.0 Å². The number of rotatable bonds is 4. The van der Waals surface area contributed by atoms with Crippen molar-refractivity contribution in [3.8, 4) is 0 Å². The van der Waals surface area contributed by atoms with Crippen LogP contribution in [0, 0.1) is 0 Å². The Hall–Kier alpha value is -0.700. The minimum absolute atomic E-state index is 0.111. The van der Waals surface area contributed by atoms with Crippen molar-refractivity contribution in [2.24, 2.45) is 0 Å². The summed E-state index contributed by atoms with van der Waals surface area (Å²) in [7, 11) is -3.81. The van der Waals surface area contributed by atoms with E-state index in [9.17, 15) is 23.4 Å². The van der Waals surface area contributed by atoms with E-state index in [0.29, 0.717) is 0 Å². The highest BCUT2D eigenvalue weighted by molar-refractivity contribution is 7.89. The molecular formula is C8H15NO6S. The SMILES string of the molecule is CCOC(=O)CS(=O)(=O)N1CC(O)C(O)C1. The molecule has 0 radical (unpaired) electrons. The molecule has 16 heavy (non-hydrogen) atoms. The maximum Gasteiger partial charge on any atom is 0.322 e. The van der Waals surface area contributed by atoms with E-state index in [-0.39, 0.29) is 19.7 Å². The van der Waals surface area contributed by atoms with Crippen LogP contribution in [0.3, 0.4) is 0 Å². The van der Waals surface area contributed by atoms with Gasteiger partial charge in [0.05, 0.1) is 18.8 Å². The number of β-amino-alcohol motifs (C(OH)–C–C–N with tert-alkyl or cyclic N) is 2. The van der Waals surface area contributed by atoms with Gasteiger partial charge in [-0.1, -0.05) is 0 Å². The first kappa shape index (κ1) is 13.4. The summed E-state index contributed by atoms with van der Waals surface area (Å²) in [5.41, 5.74) is 0. The molecule has 1 aliphatic rings. The predicted molar refractivity (Wildman–Crippen MR) is 54.0 cm³/mol. The number of carbonyl (C=O) groups is 1. The average Bonchev–Trinajstić information content (AvgIpc) is 2.47. The number of hydrogen-bond acceptors (Lipinski definition) is 6. The summed E-state index contributed by atoms with van der Waals surface area (Å²) < 4.78 is 28.6. The van der Waals surface area contributed by atoms with Gasteiger partial charge in [-0.25, -0.2) is 8.42 Å². The van der Waals surface area contributed by atoms with Gasteiger partial charge in [0.2, 0.25) is 10.0 Å². The average molecular weight is 253 g/mol. The second-order valence-corrected chi connectivity index (χ2v) is 5.48. The molecule has 1 rings (SSSR count). The molecular weight excluding hydrogens is 238 g/mol. The maximum absolute atomic E-state index is 11.6. The topological polar surface area (TPSA) is 104 Å². The zero-order valence-corrected chi connectivity index (χ0v) is 9.68. The number of ether oxygens (including phenoxy) is 1. The molecule has 2 N–H and O–H groups in total.